The monoisotopic (exact) mass is 368 g/mol. The molecule has 0 unspecified atom stereocenters. The first-order valence-electron chi connectivity index (χ1n) is 9.75. The van der Waals surface area contributed by atoms with E-state index < -0.39 is 0 Å². The highest BCUT2D eigenvalue weighted by atomic mass is 15.2. The van der Waals surface area contributed by atoms with Crippen molar-refractivity contribution < 1.29 is 0 Å². The quantitative estimate of drug-likeness (QED) is 0.817. The average Bonchev–Trinajstić information content (AvgIpc) is 2.63. The van der Waals surface area contributed by atoms with Crippen LogP contribution in [-0.2, 0) is 0 Å². The van der Waals surface area contributed by atoms with Gasteiger partial charge in [0.15, 0.2) is 0 Å². The van der Waals surface area contributed by atoms with Gasteiger partial charge in [-0.2, -0.15) is 4.98 Å². The minimum absolute atomic E-state index is 0.358. The summed E-state index contributed by atoms with van der Waals surface area (Å²) >= 11 is 0. The lowest BCUT2D eigenvalue weighted by Gasteiger charge is -2.35. The third-order valence-corrected chi connectivity index (χ3v) is 5.36. The van der Waals surface area contributed by atoms with Crippen molar-refractivity contribution in [3.05, 3.63) is 47.2 Å². The molecule has 0 spiro atoms. The number of hydrogen-bond acceptors (Lipinski definition) is 6. The second-order valence-corrected chi connectivity index (χ2v) is 7.79. The van der Waals surface area contributed by atoms with E-state index in [0.717, 1.165) is 44.0 Å². The topological polar surface area (TPSA) is 70.3 Å². The van der Waals surface area contributed by atoms with Gasteiger partial charge in [0, 0.05) is 43.5 Å². The van der Waals surface area contributed by atoms with E-state index in [9.17, 15) is 0 Å². The summed E-state index contributed by atoms with van der Waals surface area (Å²) in [5.74, 6) is 1.31. The first-order chi connectivity index (χ1) is 12.9. The summed E-state index contributed by atoms with van der Waals surface area (Å²) in [5, 5.41) is 3.79. The van der Waals surface area contributed by atoms with Crippen LogP contribution in [-0.4, -0.2) is 54.6 Å². The predicted molar refractivity (Wildman–Crippen MR) is 112 cm³/mol. The standard InChI is InChI=1S/C21H32N6/c1-15-5-7-17(8-6-15)19(26(3)4)14-23-18-9-11-27(12-10-18)20-13-16(2)24-21(22)25-20/h5-8,13,18-19,23H,9-12,14H2,1-4H3,(H2,22,24,25)/t19-/m1/s1. The van der Waals surface area contributed by atoms with E-state index in [0.29, 0.717) is 18.0 Å². The predicted octanol–water partition coefficient (Wildman–Crippen LogP) is 2.54. The Hall–Kier alpha value is -2.18. The summed E-state index contributed by atoms with van der Waals surface area (Å²) in [6.07, 6.45) is 2.22. The number of hydrogen-bond donors (Lipinski definition) is 2. The zero-order valence-corrected chi connectivity index (χ0v) is 16.9. The fraction of sp³-hybridized carbons (Fsp3) is 0.524. The number of nitrogens with two attached hydrogens (primary N) is 1. The number of aromatic nitrogens is 2. The maximum absolute atomic E-state index is 5.80. The molecule has 1 fully saturated rings. The van der Waals surface area contributed by atoms with Gasteiger partial charge < -0.3 is 20.9 Å². The maximum atomic E-state index is 5.80. The molecule has 0 saturated carbocycles. The van der Waals surface area contributed by atoms with Crippen molar-refractivity contribution in [3.8, 4) is 0 Å². The number of nitrogens with one attached hydrogen (secondary N) is 1. The number of aryl methyl sites for hydroxylation is 2. The van der Waals surface area contributed by atoms with Crippen molar-refractivity contribution >= 4 is 11.8 Å². The van der Waals surface area contributed by atoms with Crippen LogP contribution < -0.4 is 16.0 Å². The molecular weight excluding hydrogens is 336 g/mol. The van der Waals surface area contributed by atoms with Gasteiger partial charge in [-0.1, -0.05) is 29.8 Å². The number of nitrogens with zero attached hydrogens (tertiary/aromatic N) is 4. The van der Waals surface area contributed by atoms with E-state index in [1.54, 1.807) is 0 Å². The first kappa shape index (κ1) is 19.6. The van der Waals surface area contributed by atoms with Crippen LogP contribution in [0.2, 0.25) is 0 Å². The maximum Gasteiger partial charge on any atom is 0.222 e. The number of piperidine rings is 1. The molecule has 3 rings (SSSR count). The lowest BCUT2D eigenvalue weighted by molar-refractivity contribution is 0.271. The van der Waals surface area contributed by atoms with Gasteiger partial charge >= 0.3 is 0 Å². The van der Waals surface area contributed by atoms with Crippen molar-refractivity contribution in [1.82, 2.24) is 20.2 Å². The fourth-order valence-electron chi connectivity index (χ4n) is 3.71. The molecular formula is C21H32N6. The molecule has 0 aliphatic carbocycles. The summed E-state index contributed by atoms with van der Waals surface area (Å²) in [5.41, 5.74) is 9.39. The summed E-state index contributed by atoms with van der Waals surface area (Å²) in [6.45, 7) is 7.03. The molecule has 6 nitrogen and oxygen atoms in total. The number of likely N-dealkylation sites (N-methyl/N-ethyl adjacent to an activating group) is 1. The third-order valence-electron chi connectivity index (χ3n) is 5.36. The van der Waals surface area contributed by atoms with Crippen LogP contribution in [0.5, 0.6) is 0 Å². The second-order valence-electron chi connectivity index (χ2n) is 7.79. The van der Waals surface area contributed by atoms with Crippen LogP contribution in [0.3, 0.4) is 0 Å². The van der Waals surface area contributed by atoms with Gasteiger partial charge in [0.2, 0.25) is 5.95 Å². The van der Waals surface area contributed by atoms with Crippen LogP contribution in [0.25, 0.3) is 0 Å². The lowest BCUT2D eigenvalue weighted by Crippen LogP contribution is -2.45. The van der Waals surface area contributed by atoms with Gasteiger partial charge in [0.05, 0.1) is 0 Å². The SMILES string of the molecule is Cc1ccc([C@@H](CNC2CCN(c3cc(C)nc(N)n3)CC2)N(C)C)cc1. The number of benzene rings is 1. The molecule has 0 amide bonds. The molecule has 27 heavy (non-hydrogen) atoms. The molecule has 6 heteroatoms. The molecule has 2 aromatic rings. The molecule has 0 bridgehead atoms. The van der Waals surface area contributed by atoms with Gasteiger partial charge in [-0.25, -0.2) is 4.98 Å². The van der Waals surface area contributed by atoms with Gasteiger partial charge in [0.1, 0.15) is 5.82 Å². The molecule has 1 atom stereocenters. The summed E-state index contributed by atoms with van der Waals surface area (Å²) in [7, 11) is 4.30. The number of nitrogen functional groups attached to an aromatic ring is 1. The van der Waals surface area contributed by atoms with Crippen molar-refractivity contribution in [1.29, 1.82) is 0 Å². The van der Waals surface area contributed by atoms with Gasteiger partial charge in [-0.15, -0.1) is 0 Å². The molecule has 146 valence electrons. The van der Waals surface area contributed by atoms with Crippen molar-refractivity contribution in [2.45, 2.75) is 38.8 Å². The summed E-state index contributed by atoms with van der Waals surface area (Å²) in [4.78, 5) is 13.2. The highest BCUT2D eigenvalue weighted by Gasteiger charge is 2.22. The normalized spacial score (nSPS) is 16.7. The molecule has 1 aromatic heterocycles. The second kappa shape index (κ2) is 8.67. The molecule has 1 saturated heterocycles. The van der Waals surface area contributed by atoms with Gasteiger partial charge in [-0.05, 0) is 46.3 Å². The van der Waals surface area contributed by atoms with E-state index in [1.807, 2.05) is 13.0 Å². The number of anilines is 2. The Labute approximate surface area is 162 Å². The van der Waals surface area contributed by atoms with E-state index >= 15 is 0 Å². The zero-order chi connectivity index (χ0) is 19.4. The minimum Gasteiger partial charge on any atom is -0.368 e. The van der Waals surface area contributed by atoms with Gasteiger partial charge in [0.25, 0.3) is 0 Å². The average molecular weight is 369 g/mol. The molecule has 3 N–H and O–H groups in total. The van der Waals surface area contributed by atoms with Crippen molar-refractivity contribution in [2.75, 3.05) is 44.4 Å². The molecule has 1 aliphatic rings. The fourth-order valence-corrected chi connectivity index (χ4v) is 3.71. The minimum atomic E-state index is 0.358. The van der Waals surface area contributed by atoms with E-state index in [4.69, 9.17) is 5.73 Å². The Morgan fingerprint density at radius 3 is 2.41 bits per heavy atom. The van der Waals surface area contributed by atoms with Crippen LogP contribution in [0.1, 0.15) is 35.7 Å². The third kappa shape index (κ3) is 5.17. The Morgan fingerprint density at radius 2 is 1.81 bits per heavy atom. The van der Waals surface area contributed by atoms with Gasteiger partial charge in [-0.3, -0.25) is 0 Å². The Morgan fingerprint density at radius 1 is 1.15 bits per heavy atom. The van der Waals surface area contributed by atoms with Crippen LogP contribution in [0, 0.1) is 13.8 Å². The Kier molecular flexibility index (Phi) is 6.29. The Balaban J connectivity index is 1.54. The molecule has 2 heterocycles. The van der Waals surface area contributed by atoms with Crippen LogP contribution in [0.4, 0.5) is 11.8 Å². The number of rotatable bonds is 6. The summed E-state index contributed by atoms with van der Waals surface area (Å²) < 4.78 is 0. The molecule has 1 aliphatic heterocycles. The van der Waals surface area contributed by atoms with Crippen molar-refractivity contribution in [3.63, 3.8) is 0 Å². The lowest BCUT2D eigenvalue weighted by atomic mass is 10.0. The smallest absolute Gasteiger partial charge is 0.222 e. The molecule has 0 radical (unpaired) electrons. The van der Waals surface area contributed by atoms with Crippen LogP contribution in [0.15, 0.2) is 30.3 Å². The first-order valence-corrected chi connectivity index (χ1v) is 9.75. The van der Waals surface area contributed by atoms with E-state index in [2.05, 4.69) is 70.4 Å². The Bertz CT molecular complexity index is 715. The molecule has 1 aromatic carbocycles. The van der Waals surface area contributed by atoms with Crippen molar-refractivity contribution in [2.24, 2.45) is 0 Å². The van der Waals surface area contributed by atoms with E-state index in [-0.39, 0.29) is 0 Å². The highest BCUT2D eigenvalue weighted by Crippen LogP contribution is 2.21. The zero-order valence-electron chi connectivity index (χ0n) is 16.9. The van der Waals surface area contributed by atoms with E-state index in [1.165, 1.54) is 11.1 Å². The summed E-state index contributed by atoms with van der Waals surface area (Å²) in [6, 6.07) is 11.8. The largest absolute Gasteiger partial charge is 0.368 e. The van der Waals surface area contributed by atoms with Crippen LogP contribution >= 0.6 is 0 Å². The highest BCUT2D eigenvalue weighted by molar-refractivity contribution is 5.43.